The molecule has 107 heavy (non-hydrogen) atoms. The lowest BCUT2D eigenvalue weighted by atomic mass is 10.1. The van der Waals surface area contributed by atoms with Crippen molar-refractivity contribution in [1.82, 2.24) is 59.5 Å². The van der Waals surface area contributed by atoms with Gasteiger partial charge in [0, 0.05) is 114 Å². The third-order valence-corrected chi connectivity index (χ3v) is 22.2. The summed E-state index contributed by atoms with van der Waals surface area (Å²) in [6, 6.07) is 5.43. The average Bonchev–Trinajstić information content (AvgIpc) is 1.68. The third-order valence-electron chi connectivity index (χ3n) is 21.0. The minimum Gasteiger partial charge on any atom is -0.478 e. The fourth-order valence-electron chi connectivity index (χ4n) is 14.6. The van der Waals surface area contributed by atoms with Crippen molar-refractivity contribution in [3.63, 3.8) is 0 Å². The Hall–Kier alpha value is -4.99. The Morgan fingerprint density at radius 2 is 1.02 bits per heavy atom. The van der Waals surface area contributed by atoms with Crippen LogP contribution in [0.4, 0.5) is 20.2 Å². The maximum atomic E-state index is 12.1. The van der Waals surface area contributed by atoms with E-state index in [9.17, 15) is 19.2 Å². The number of rotatable bonds is 22. The van der Waals surface area contributed by atoms with Crippen molar-refractivity contribution < 1.29 is 47.3 Å². The standard InChI is InChI=1S/C16H28N2O2.C13H11ClN6O2.C13H24N2O2.C12H21N.C10H20N2O2.C9H17N.C8H18O2Si/c1-16(2,3)20-15(19)17-9-8-12(10-17)11-18(13-4-5-13)14-6-7-14;1-7-5-20-6-10(19-13(22-2)11(20)17-7)18-12(21)8-3-16-9(14)4-15-8;1-13(2,3)17-12(16)15-7-6-10(9-15)8-14-11-4-5-11;1-2-4-10(3-1)9-13(11-5-6-11)12-7-8-12;1-10(2,3)14-9(13)12-5-4-8(6-11)7-12;1-2-4-8(3-1)7-10-9-5-6-9;1-5-9-8(6-7-8)10-11(2,3)4/h12-14H,4-11H2,1-3H3;3-6H,1-2H3,(H,18,21);10-11,14H,4-9H2,1-3H3;10-12H,1-9H2;8H,4-7,11H2,1-3H3;8-10H,1-7H2;5-7H2,1-4H3/t12-;;10-;;8-;;/m1.0.0../s1. The number of nitrogens with zero attached hydrogens (tertiary/aromatic N) is 10. The summed E-state index contributed by atoms with van der Waals surface area (Å²) < 4.78 is 34.4. The largest absolute Gasteiger partial charge is 0.478 e. The van der Waals surface area contributed by atoms with Gasteiger partial charge in [-0.05, 0) is 267 Å². The van der Waals surface area contributed by atoms with Gasteiger partial charge >= 0.3 is 18.3 Å². The lowest BCUT2D eigenvalue weighted by Gasteiger charge is -2.26. The van der Waals surface area contributed by atoms with Gasteiger partial charge < -0.3 is 64.5 Å². The zero-order valence-electron chi connectivity index (χ0n) is 68.3. The fourth-order valence-corrected chi connectivity index (χ4v) is 16.1. The van der Waals surface area contributed by atoms with Crippen LogP contribution in [0.1, 0.15) is 246 Å². The second-order valence-electron chi connectivity index (χ2n) is 36.4. The number of anilines is 1. The minimum absolute atomic E-state index is 0.132. The van der Waals surface area contributed by atoms with Crippen LogP contribution in [0.2, 0.25) is 24.8 Å². The van der Waals surface area contributed by atoms with Gasteiger partial charge in [-0.15, -0.1) is 0 Å². The topological polar surface area (TPSA) is 258 Å². The van der Waals surface area contributed by atoms with E-state index in [0.29, 0.717) is 41.6 Å². The van der Waals surface area contributed by atoms with Gasteiger partial charge in [-0.1, -0.05) is 37.3 Å². The number of ether oxygens (including phenoxy) is 5. The van der Waals surface area contributed by atoms with Gasteiger partial charge in [0.2, 0.25) is 5.65 Å². The first-order valence-electron chi connectivity index (χ1n) is 41.4. The van der Waals surface area contributed by atoms with Crippen LogP contribution in [0.3, 0.4) is 0 Å². The molecular weight excluding hydrogens is 1390 g/mol. The summed E-state index contributed by atoms with van der Waals surface area (Å²) in [5, 5.41) is 9.97. The summed E-state index contributed by atoms with van der Waals surface area (Å²) in [6.45, 7) is 39.0. The van der Waals surface area contributed by atoms with Crippen molar-refractivity contribution in [2.75, 3.05) is 91.0 Å². The molecule has 0 radical (unpaired) electrons. The van der Waals surface area contributed by atoms with E-state index in [2.05, 4.69) is 65.3 Å². The zero-order chi connectivity index (χ0) is 77.3. The molecule has 604 valence electrons. The molecule has 0 unspecified atom stereocenters. The monoisotopic (exact) mass is 1530 g/mol. The van der Waals surface area contributed by atoms with E-state index in [1.54, 1.807) is 21.7 Å². The van der Waals surface area contributed by atoms with Crippen LogP contribution in [-0.2, 0) is 23.4 Å². The number of likely N-dealkylation sites (tertiary alicyclic amines) is 3. The van der Waals surface area contributed by atoms with Crippen LogP contribution in [0.15, 0.2) is 24.8 Å². The Balaban J connectivity index is 0.000000146. The number of fused-ring (bicyclic) bond motifs is 1. The van der Waals surface area contributed by atoms with Gasteiger partial charge in [-0.2, -0.15) is 4.98 Å². The molecule has 26 heteroatoms. The lowest BCUT2D eigenvalue weighted by Crippen LogP contribution is -2.37. The molecule has 4 amide bonds. The molecule has 0 aromatic carbocycles. The number of imidazole rings is 1. The quantitative estimate of drug-likeness (QED) is 0.0414. The van der Waals surface area contributed by atoms with E-state index in [-0.39, 0.29) is 46.1 Å². The van der Waals surface area contributed by atoms with Crippen LogP contribution in [0.25, 0.3) is 5.65 Å². The minimum atomic E-state index is -1.39. The first-order chi connectivity index (χ1) is 50.7. The number of carbonyl (C=O) groups excluding carboxylic acids is 4. The highest BCUT2D eigenvalue weighted by Crippen LogP contribution is 2.44. The number of methoxy groups -OCH3 is 1. The number of nitrogens with two attached hydrogens (primary N) is 1. The van der Waals surface area contributed by atoms with Crippen molar-refractivity contribution in [3.8, 4) is 5.88 Å². The molecule has 3 aliphatic heterocycles. The van der Waals surface area contributed by atoms with Crippen molar-refractivity contribution >= 4 is 55.6 Å². The van der Waals surface area contributed by atoms with Gasteiger partial charge in [0.25, 0.3) is 11.8 Å². The Morgan fingerprint density at radius 1 is 0.579 bits per heavy atom. The summed E-state index contributed by atoms with van der Waals surface area (Å²) in [6.07, 6.45) is 40.0. The fraction of sp³-hybridized carbons (Fsp3) is 0.827. The molecule has 6 heterocycles. The van der Waals surface area contributed by atoms with Crippen molar-refractivity contribution in [1.29, 1.82) is 0 Å². The van der Waals surface area contributed by atoms with Crippen LogP contribution in [-0.4, -0.2) is 226 Å². The number of nitrogens with one attached hydrogen (secondary N) is 3. The summed E-state index contributed by atoms with van der Waals surface area (Å²) >= 11 is 5.64. The number of hydrogen-bond acceptors (Lipinski definition) is 19. The molecule has 15 rings (SSSR count). The second kappa shape index (κ2) is 39.5. The summed E-state index contributed by atoms with van der Waals surface area (Å²) in [4.78, 5) is 74.9. The highest BCUT2D eigenvalue weighted by molar-refractivity contribution is 6.69. The molecule has 3 saturated heterocycles. The Bertz CT molecular complexity index is 3210. The van der Waals surface area contributed by atoms with E-state index >= 15 is 0 Å². The zero-order valence-corrected chi connectivity index (χ0v) is 70.1. The SMILES string of the molecule is C1CCC(CN(C2CC2)C2CC2)C1.C1CCC(CNC2CC2)C1.CC(C)(C)OC(=O)N1CC[C@@H](CN(C2CC2)C2CC2)C1.CC(C)(C)OC(=O)N1CC[C@@H](CN)C1.CC(C)(C)OC(=O)N1CC[C@@H](CNC2CC2)C1.CCOC1(O[Si](C)(C)C)CC1.COc1nc(NC(=O)c2cnc(Cl)cn2)cn2cc(C)nc12. The maximum Gasteiger partial charge on any atom is 0.410 e. The molecule has 12 aliphatic rings. The predicted molar refractivity (Wildman–Crippen MR) is 426 cm³/mol. The molecule has 3 aromatic rings. The van der Waals surface area contributed by atoms with Gasteiger partial charge in [-0.25, -0.2) is 29.3 Å². The van der Waals surface area contributed by atoms with E-state index in [4.69, 9.17) is 45.4 Å². The number of aryl methyl sites for hydroxylation is 1. The lowest BCUT2D eigenvalue weighted by molar-refractivity contribution is -0.106. The Morgan fingerprint density at radius 3 is 1.42 bits per heavy atom. The van der Waals surface area contributed by atoms with Crippen molar-refractivity contribution in [3.05, 3.63) is 41.3 Å². The molecular formula is C81H139ClN14O10Si. The van der Waals surface area contributed by atoms with Crippen LogP contribution in [0.5, 0.6) is 5.88 Å². The molecule has 0 spiro atoms. The van der Waals surface area contributed by atoms with Crippen LogP contribution < -0.4 is 26.4 Å². The van der Waals surface area contributed by atoms with E-state index in [1.807, 2.05) is 86.0 Å². The van der Waals surface area contributed by atoms with Gasteiger partial charge in [0.1, 0.15) is 27.7 Å². The first-order valence-corrected chi connectivity index (χ1v) is 45.1. The predicted octanol–water partition coefficient (Wildman–Crippen LogP) is 14.9. The molecule has 12 fully saturated rings. The first kappa shape index (κ1) is 86.0. The normalized spacial score (nSPS) is 22.7. The second-order valence-corrected chi connectivity index (χ2v) is 41.3. The number of hydrogen-bond donors (Lipinski definition) is 4. The molecule has 24 nitrogen and oxygen atoms in total. The van der Waals surface area contributed by atoms with E-state index in [0.717, 1.165) is 138 Å². The highest BCUT2D eigenvalue weighted by Gasteiger charge is 2.48. The van der Waals surface area contributed by atoms with E-state index < -0.39 is 19.8 Å². The number of amides is 4. The van der Waals surface area contributed by atoms with E-state index in [1.165, 1.54) is 168 Å². The summed E-state index contributed by atoms with van der Waals surface area (Å²) in [5.41, 5.74) is 5.88. The number of aromatic nitrogens is 5. The molecule has 9 aliphatic carbocycles. The highest BCUT2D eigenvalue weighted by atomic mass is 35.5. The molecule has 0 bridgehead atoms. The molecule has 9 saturated carbocycles. The Kier molecular flexibility index (Phi) is 31.7. The van der Waals surface area contributed by atoms with Gasteiger partial charge in [-0.3, -0.25) is 19.0 Å². The number of carbonyl (C=O) groups is 4. The van der Waals surface area contributed by atoms with Crippen LogP contribution in [0, 0.1) is 36.5 Å². The van der Waals surface area contributed by atoms with Crippen molar-refractivity contribution in [2.45, 2.75) is 315 Å². The smallest absolute Gasteiger partial charge is 0.410 e. The van der Waals surface area contributed by atoms with Gasteiger partial charge in [0.05, 0.1) is 31.4 Å². The van der Waals surface area contributed by atoms with Crippen molar-refractivity contribution in [2.24, 2.45) is 35.3 Å². The molecule has 5 N–H and O–H groups in total. The summed E-state index contributed by atoms with van der Waals surface area (Å²) in [5.74, 6) is 3.81. The molecule has 3 aromatic heterocycles. The maximum absolute atomic E-state index is 12.1. The summed E-state index contributed by atoms with van der Waals surface area (Å²) in [7, 11) is 0.0963. The molecule has 3 atom stereocenters. The van der Waals surface area contributed by atoms with Crippen LogP contribution >= 0.6 is 11.6 Å². The Labute approximate surface area is 647 Å². The average molecular weight is 1530 g/mol. The third kappa shape index (κ3) is 32.0. The van der Waals surface area contributed by atoms with Gasteiger partial charge in [0.15, 0.2) is 19.9 Å². The number of halogens is 1.